The highest BCUT2D eigenvalue weighted by atomic mass is 16.2. The molecule has 18 heavy (non-hydrogen) atoms. The number of likely N-dealkylation sites (tertiary alicyclic amines) is 1. The Bertz CT molecular complexity index is 490. The molecule has 0 aliphatic carbocycles. The predicted molar refractivity (Wildman–Crippen MR) is 70.1 cm³/mol. The summed E-state index contributed by atoms with van der Waals surface area (Å²) < 4.78 is 0. The van der Waals surface area contributed by atoms with Gasteiger partial charge in [0.2, 0.25) is 0 Å². The first-order valence-corrected chi connectivity index (χ1v) is 6.44. The second-order valence-electron chi connectivity index (χ2n) is 5.05. The first kappa shape index (κ1) is 12.6. The Morgan fingerprint density at radius 2 is 2.22 bits per heavy atom. The Morgan fingerprint density at radius 1 is 1.44 bits per heavy atom. The molecule has 3 nitrogen and oxygen atoms in total. The van der Waals surface area contributed by atoms with Crippen molar-refractivity contribution < 1.29 is 4.79 Å². The van der Waals surface area contributed by atoms with Gasteiger partial charge in [0.05, 0.1) is 11.6 Å². The third kappa shape index (κ3) is 2.38. The zero-order valence-electron chi connectivity index (χ0n) is 10.9. The van der Waals surface area contributed by atoms with Crippen LogP contribution in [0.1, 0.15) is 42.6 Å². The fourth-order valence-electron chi connectivity index (χ4n) is 2.51. The van der Waals surface area contributed by atoms with Crippen molar-refractivity contribution in [3.05, 3.63) is 35.4 Å². The van der Waals surface area contributed by atoms with Crippen molar-refractivity contribution in [1.29, 1.82) is 5.26 Å². The van der Waals surface area contributed by atoms with E-state index < -0.39 is 0 Å². The smallest absolute Gasteiger partial charge is 0.254 e. The van der Waals surface area contributed by atoms with E-state index >= 15 is 0 Å². The largest absolute Gasteiger partial charge is 0.336 e. The van der Waals surface area contributed by atoms with Gasteiger partial charge >= 0.3 is 0 Å². The molecule has 94 valence electrons. The molecule has 1 aromatic carbocycles. The number of carbonyl (C=O) groups is 1. The van der Waals surface area contributed by atoms with Crippen molar-refractivity contribution in [2.75, 3.05) is 6.54 Å². The maximum atomic E-state index is 12.4. The van der Waals surface area contributed by atoms with E-state index in [0.29, 0.717) is 17.0 Å². The van der Waals surface area contributed by atoms with Gasteiger partial charge in [0.25, 0.3) is 5.91 Å². The highest BCUT2D eigenvalue weighted by molar-refractivity contribution is 5.94. The van der Waals surface area contributed by atoms with Crippen molar-refractivity contribution in [3.63, 3.8) is 0 Å². The summed E-state index contributed by atoms with van der Waals surface area (Å²) in [6.45, 7) is 5.12. The standard InChI is InChI=1S/C15H18N2O/c1-11-5-4-8-17(12(11)2)15(18)14-7-3-6-13(9-14)10-16/h3,6-7,9,11-12H,4-5,8H2,1-2H3. The van der Waals surface area contributed by atoms with Crippen LogP contribution in [-0.2, 0) is 0 Å². The zero-order chi connectivity index (χ0) is 13.1. The van der Waals surface area contributed by atoms with Crippen LogP contribution in [0.15, 0.2) is 24.3 Å². The minimum absolute atomic E-state index is 0.0474. The molecule has 0 bridgehead atoms. The van der Waals surface area contributed by atoms with Crippen LogP contribution in [0.3, 0.4) is 0 Å². The number of amides is 1. The molecule has 3 heteroatoms. The van der Waals surface area contributed by atoms with Gasteiger partial charge in [0.1, 0.15) is 0 Å². The summed E-state index contributed by atoms with van der Waals surface area (Å²) >= 11 is 0. The van der Waals surface area contributed by atoms with Gasteiger partial charge in [-0.2, -0.15) is 5.26 Å². The summed E-state index contributed by atoms with van der Waals surface area (Å²) in [5, 5.41) is 8.87. The molecule has 2 rings (SSSR count). The number of hydrogen-bond donors (Lipinski definition) is 0. The van der Waals surface area contributed by atoms with Gasteiger partial charge < -0.3 is 4.90 Å². The molecule has 1 aliphatic rings. The quantitative estimate of drug-likeness (QED) is 0.760. The second kappa shape index (κ2) is 5.22. The molecule has 0 saturated carbocycles. The molecule has 2 atom stereocenters. The average molecular weight is 242 g/mol. The Hall–Kier alpha value is -1.82. The summed E-state index contributed by atoms with van der Waals surface area (Å²) in [6, 6.07) is 9.30. The highest BCUT2D eigenvalue weighted by Gasteiger charge is 2.28. The van der Waals surface area contributed by atoms with Crippen LogP contribution in [0.2, 0.25) is 0 Å². The van der Waals surface area contributed by atoms with E-state index in [-0.39, 0.29) is 11.9 Å². The Balaban J connectivity index is 2.22. The van der Waals surface area contributed by atoms with Crippen LogP contribution in [-0.4, -0.2) is 23.4 Å². The van der Waals surface area contributed by atoms with Crippen molar-refractivity contribution in [2.24, 2.45) is 5.92 Å². The van der Waals surface area contributed by atoms with Crippen LogP contribution >= 0.6 is 0 Å². The summed E-state index contributed by atoms with van der Waals surface area (Å²) in [7, 11) is 0. The molecular formula is C15H18N2O. The van der Waals surface area contributed by atoms with Gasteiger partial charge in [-0.25, -0.2) is 0 Å². The Kier molecular flexibility index (Phi) is 3.66. The van der Waals surface area contributed by atoms with Crippen LogP contribution in [0.25, 0.3) is 0 Å². The van der Waals surface area contributed by atoms with Crippen LogP contribution < -0.4 is 0 Å². The van der Waals surface area contributed by atoms with Crippen LogP contribution in [0.5, 0.6) is 0 Å². The first-order valence-electron chi connectivity index (χ1n) is 6.44. The number of nitrogens with zero attached hydrogens (tertiary/aromatic N) is 2. The van der Waals surface area contributed by atoms with Gasteiger partial charge in [-0.15, -0.1) is 0 Å². The molecule has 1 aliphatic heterocycles. The van der Waals surface area contributed by atoms with Gasteiger partial charge in [0.15, 0.2) is 0 Å². The third-order valence-corrected chi connectivity index (χ3v) is 3.87. The minimum atomic E-state index is 0.0474. The van der Waals surface area contributed by atoms with Gasteiger partial charge in [-0.1, -0.05) is 13.0 Å². The van der Waals surface area contributed by atoms with Crippen molar-refractivity contribution >= 4 is 5.91 Å². The van der Waals surface area contributed by atoms with E-state index in [0.717, 1.165) is 13.0 Å². The molecule has 1 heterocycles. The summed E-state index contributed by atoms with van der Waals surface area (Å²) in [4.78, 5) is 14.4. The predicted octanol–water partition coefficient (Wildman–Crippen LogP) is 2.82. The van der Waals surface area contributed by atoms with Crippen LogP contribution in [0, 0.1) is 17.2 Å². The molecule has 2 unspecified atom stereocenters. The molecule has 0 radical (unpaired) electrons. The Morgan fingerprint density at radius 3 is 2.94 bits per heavy atom. The lowest BCUT2D eigenvalue weighted by atomic mass is 9.91. The topological polar surface area (TPSA) is 44.1 Å². The van der Waals surface area contributed by atoms with Gasteiger partial charge in [-0.05, 0) is 43.9 Å². The van der Waals surface area contributed by atoms with Gasteiger partial charge in [-0.3, -0.25) is 4.79 Å². The van der Waals surface area contributed by atoms with Crippen LogP contribution in [0.4, 0.5) is 0 Å². The zero-order valence-corrected chi connectivity index (χ0v) is 10.9. The Labute approximate surface area is 108 Å². The van der Waals surface area contributed by atoms with E-state index in [1.807, 2.05) is 4.90 Å². The normalized spacial score (nSPS) is 23.5. The number of rotatable bonds is 1. The van der Waals surface area contributed by atoms with Crippen molar-refractivity contribution in [2.45, 2.75) is 32.7 Å². The monoisotopic (exact) mass is 242 g/mol. The fourth-order valence-corrected chi connectivity index (χ4v) is 2.51. The van der Waals surface area contributed by atoms with E-state index in [1.165, 1.54) is 6.42 Å². The lowest BCUT2D eigenvalue weighted by molar-refractivity contribution is 0.0551. The van der Waals surface area contributed by atoms with Crippen molar-refractivity contribution in [3.8, 4) is 6.07 Å². The van der Waals surface area contributed by atoms with E-state index in [1.54, 1.807) is 24.3 Å². The molecule has 0 aromatic heterocycles. The van der Waals surface area contributed by atoms with Crippen molar-refractivity contribution in [1.82, 2.24) is 4.90 Å². The van der Waals surface area contributed by atoms with E-state index in [2.05, 4.69) is 19.9 Å². The molecule has 0 spiro atoms. The molecule has 1 saturated heterocycles. The molecule has 1 fully saturated rings. The summed E-state index contributed by atoms with van der Waals surface area (Å²) in [5.41, 5.74) is 1.16. The van der Waals surface area contributed by atoms with Gasteiger partial charge in [0, 0.05) is 18.2 Å². The first-order chi connectivity index (χ1) is 8.63. The number of nitriles is 1. The number of hydrogen-bond acceptors (Lipinski definition) is 2. The lowest BCUT2D eigenvalue weighted by Crippen LogP contribution is -2.46. The molecule has 0 N–H and O–H groups in total. The maximum absolute atomic E-state index is 12.4. The minimum Gasteiger partial charge on any atom is -0.336 e. The second-order valence-corrected chi connectivity index (χ2v) is 5.05. The van der Waals surface area contributed by atoms with E-state index in [4.69, 9.17) is 5.26 Å². The third-order valence-electron chi connectivity index (χ3n) is 3.87. The fraction of sp³-hybridized carbons (Fsp3) is 0.467. The SMILES string of the molecule is CC1CCCN(C(=O)c2cccc(C#N)c2)C1C. The summed E-state index contributed by atoms with van der Waals surface area (Å²) in [6.07, 6.45) is 2.25. The summed E-state index contributed by atoms with van der Waals surface area (Å²) in [5.74, 6) is 0.591. The maximum Gasteiger partial charge on any atom is 0.254 e. The lowest BCUT2D eigenvalue weighted by Gasteiger charge is -2.38. The highest BCUT2D eigenvalue weighted by Crippen LogP contribution is 2.24. The molecule has 1 amide bonds. The molecule has 1 aromatic rings. The van der Waals surface area contributed by atoms with E-state index in [9.17, 15) is 4.79 Å². The molecular weight excluding hydrogens is 224 g/mol. The average Bonchev–Trinajstić information content (AvgIpc) is 2.41. The number of benzene rings is 1. The number of carbonyl (C=O) groups excluding carboxylic acids is 1. The number of piperidine rings is 1.